The molecule has 0 aliphatic carbocycles. The maximum Gasteiger partial charge on any atom is 0.256 e. The van der Waals surface area contributed by atoms with E-state index in [-0.39, 0.29) is 12.0 Å². The van der Waals surface area contributed by atoms with Gasteiger partial charge in [-0.05, 0) is 42.4 Å². The van der Waals surface area contributed by atoms with Gasteiger partial charge in [-0.15, -0.1) is 0 Å². The molecule has 1 aliphatic rings. The summed E-state index contributed by atoms with van der Waals surface area (Å²) in [6, 6.07) is 11.7. The number of thioether (sulfide) groups is 1. The van der Waals surface area contributed by atoms with E-state index in [1.165, 1.54) is 10.9 Å². The summed E-state index contributed by atoms with van der Waals surface area (Å²) in [5.41, 5.74) is 2.82. The Morgan fingerprint density at radius 1 is 1.31 bits per heavy atom. The number of hydrogen-bond donors (Lipinski definition) is 2. The normalized spacial score (nSPS) is 16.7. The van der Waals surface area contributed by atoms with Crippen LogP contribution in [0.4, 0.5) is 0 Å². The summed E-state index contributed by atoms with van der Waals surface area (Å²) in [6.45, 7) is 0.564. The standard InChI is InChI=1S/C20H21N3O2S/c24-19(17-5-3-9-22-20(17)25-15-8-11-26-13-15)21-10-7-14-12-23-18-6-2-1-4-16(14)18/h1-6,9,12,15,23H,7-8,10-11,13H2,(H,21,24). The molecule has 4 rings (SSSR count). The zero-order valence-electron chi connectivity index (χ0n) is 14.4. The molecular formula is C20H21N3O2S. The van der Waals surface area contributed by atoms with Crippen LogP contribution in [0.2, 0.25) is 0 Å². The molecule has 3 heterocycles. The molecule has 0 saturated carbocycles. The largest absolute Gasteiger partial charge is 0.473 e. The molecule has 26 heavy (non-hydrogen) atoms. The highest BCUT2D eigenvalue weighted by atomic mass is 32.2. The van der Waals surface area contributed by atoms with Gasteiger partial charge < -0.3 is 15.0 Å². The second-order valence-corrected chi connectivity index (χ2v) is 7.47. The maximum absolute atomic E-state index is 12.6. The third-order valence-corrected chi connectivity index (χ3v) is 5.67. The van der Waals surface area contributed by atoms with Crippen LogP contribution in [-0.2, 0) is 6.42 Å². The van der Waals surface area contributed by atoms with Crippen LogP contribution in [-0.4, -0.2) is 40.0 Å². The molecule has 1 amide bonds. The van der Waals surface area contributed by atoms with Crippen LogP contribution in [0.5, 0.6) is 5.88 Å². The Bertz CT molecular complexity index is 903. The second-order valence-electron chi connectivity index (χ2n) is 6.32. The van der Waals surface area contributed by atoms with Gasteiger partial charge in [0.15, 0.2) is 0 Å². The molecule has 0 bridgehead atoms. The van der Waals surface area contributed by atoms with Crippen LogP contribution in [0.15, 0.2) is 48.8 Å². The first-order valence-corrected chi connectivity index (χ1v) is 9.99. The number of rotatable bonds is 6. The zero-order chi connectivity index (χ0) is 17.8. The molecule has 134 valence electrons. The summed E-state index contributed by atoms with van der Waals surface area (Å²) in [5, 5.41) is 4.19. The molecule has 1 unspecified atom stereocenters. The number of carbonyl (C=O) groups is 1. The third kappa shape index (κ3) is 3.70. The predicted octanol–water partition coefficient (Wildman–Crippen LogP) is 3.42. The molecule has 2 aromatic heterocycles. The van der Waals surface area contributed by atoms with E-state index in [4.69, 9.17) is 4.74 Å². The number of amides is 1. The summed E-state index contributed by atoms with van der Waals surface area (Å²) in [7, 11) is 0. The van der Waals surface area contributed by atoms with Crippen molar-refractivity contribution in [3.05, 3.63) is 59.9 Å². The first-order chi connectivity index (χ1) is 12.8. The number of carbonyl (C=O) groups excluding carboxylic acids is 1. The van der Waals surface area contributed by atoms with E-state index in [0.717, 1.165) is 29.9 Å². The van der Waals surface area contributed by atoms with Crippen molar-refractivity contribution < 1.29 is 9.53 Å². The van der Waals surface area contributed by atoms with Crippen molar-refractivity contribution in [2.75, 3.05) is 18.1 Å². The molecule has 1 fully saturated rings. The summed E-state index contributed by atoms with van der Waals surface area (Å²) < 4.78 is 5.94. The number of pyridine rings is 1. The van der Waals surface area contributed by atoms with Crippen LogP contribution in [0, 0.1) is 0 Å². The molecule has 0 spiro atoms. The minimum atomic E-state index is -0.140. The van der Waals surface area contributed by atoms with Crippen molar-refractivity contribution in [3.63, 3.8) is 0 Å². The Kier molecular flexibility index (Phi) is 5.11. The van der Waals surface area contributed by atoms with Gasteiger partial charge in [0.1, 0.15) is 11.7 Å². The molecule has 3 aromatic rings. The van der Waals surface area contributed by atoms with E-state index >= 15 is 0 Å². The van der Waals surface area contributed by atoms with Crippen molar-refractivity contribution in [2.45, 2.75) is 18.9 Å². The van der Waals surface area contributed by atoms with Crippen LogP contribution < -0.4 is 10.1 Å². The number of hydrogen-bond acceptors (Lipinski definition) is 4. The number of nitrogens with zero attached hydrogens (tertiary/aromatic N) is 1. The number of para-hydroxylation sites is 1. The fourth-order valence-electron chi connectivity index (χ4n) is 3.17. The van der Waals surface area contributed by atoms with Crippen molar-refractivity contribution in [2.24, 2.45) is 0 Å². The number of ether oxygens (including phenoxy) is 1. The third-order valence-electron chi connectivity index (χ3n) is 4.54. The van der Waals surface area contributed by atoms with Crippen LogP contribution >= 0.6 is 11.8 Å². The number of benzene rings is 1. The molecule has 1 aliphatic heterocycles. The Morgan fingerprint density at radius 2 is 2.23 bits per heavy atom. The minimum Gasteiger partial charge on any atom is -0.473 e. The van der Waals surface area contributed by atoms with E-state index in [1.54, 1.807) is 18.3 Å². The van der Waals surface area contributed by atoms with Crippen molar-refractivity contribution in [1.29, 1.82) is 0 Å². The van der Waals surface area contributed by atoms with Gasteiger partial charge in [0.05, 0.1) is 0 Å². The van der Waals surface area contributed by atoms with E-state index in [2.05, 4.69) is 27.4 Å². The zero-order valence-corrected chi connectivity index (χ0v) is 15.2. The number of fused-ring (bicyclic) bond motifs is 1. The van der Waals surface area contributed by atoms with E-state index in [9.17, 15) is 4.79 Å². The molecule has 2 N–H and O–H groups in total. The van der Waals surface area contributed by atoms with Gasteiger partial charge in [-0.2, -0.15) is 11.8 Å². The molecule has 1 aromatic carbocycles. The molecule has 1 saturated heterocycles. The molecule has 0 radical (unpaired) electrons. The van der Waals surface area contributed by atoms with Crippen molar-refractivity contribution in [1.82, 2.24) is 15.3 Å². The topological polar surface area (TPSA) is 67.0 Å². The minimum absolute atomic E-state index is 0.140. The van der Waals surface area contributed by atoms with Crippen LogP contribution in [0.3, 0.4) is 0 Å². The monoisotopic (exact) mass is 367 g/mol. The van der Waals surface area contributed by atoms with Gasteiger partial charge in [0, 0.05) is 35.6 Å². The Morgan fingerprint density at radius 3 is 3.12 bits per heavy atom. The highest BCUT2D eigenvalue weighted by molar-refractivity contribution is 7.99. The lowest BCUT2D eigenvalue weighted by atomic mass is 10.1. The van der Waals surface area contributed by atoms with Gasteiger partial charge in [-0.3, -0.25) is 4.79 Å². The maximum atomic E-state index is 12.6. The fourth-order valence-corrected chi connectivity index (χ4v) is 4.26. The van der Waals surface area contributed by atoms with Crippen molar-refractivity contribution >= 4 is 28.6 Å². The second kappa shape index (κ2) is 7.83. The summed E-state index contributed by atoms with van der Waals surface area (Å²) in [4.78, 5) is 20.1. The summed E-state index contributed by atoms with van der Waals surface area (Å²) in [5.74, 6) is 2.35. The lowest BCUT2D eigenvalue weighted by molar-refractivity contribution is 0.0946. The first-order valence-electron chi connectivity index (χ1n) is 8.84. The summed E-state index contributed by atoms with van der Waals surface area (Å²) >= 11 is 1.87. The Hall–Kier alpha value is -2.47. The van der Waals surface area contributed by atoms with Crippen LogP contribution in [0.25, 0.3) is 10.9 Å². The molecular weight excluding hydrogens is 346 g/mol. The average Bonchev–Trinajstić information content (AvgIpc) is 3.32. The Labute approximate surface area is 156 Å². The lowest BCUT2D eigenvalue weighted by Crippen LogP contribution is -2.27. The molecule has 6 heteroatoms. The summed E-state index contributed by atoms with van der Waals surface area (Å²) in [6.07, 6.45) is 5.59. The number of aromatic amines is 1. The number of aromatic nitrogens is 2. The fraction of sp³-hybridized carbons (Fsp3) is 0.300. The van der Waals surface area contributed by atoms with E-state index in [0.29, 0.717) is 18.0 Å². The highest BCUT2D eigenvalue weighted by Crippen LogP contribution is 2.24. The quantitative estimate of drug-likeness (QED) is 0.701. The molecule has 5 nitrogen and oxygen atoms in total. The van der Waals surface area contributed by atoms with Gasteiger partial charge in [-0.1, -0.05) is 18.2 Å². The van der Waals surface area contributed by atoms with Crippen LogP contribution in [0.1, 0.15) is 22.3 Å². The first kappa shape index (κ1) is 17.0. The van der Waals surface area contributed by atoms with Gasteiger partial charge >= 0.3 is 0 Å². The highest BCUT2D eigenvalue weighted by Gasteiger charge is 2.21. The lowest BCUT2D eigenvalue weighted by Gasteiger charge is -2.14. The van der Waals surface area contributed by atoms with Gasteiger partial charge in [-0.25, -0.2) is 4.98 Å². The van der Waals surface area contributed by atoms with Gasteiger partial charge in [0.2, 0.25) is 5.88 Å². The van der Waals surface area contributed by atoms with E-state index in [1.807, 2.05) is 30.1 Å². The van der Waals surface area contributed by atoms with Crippen molar-refractivity contribution in [3.8, 4) is 5.88 Å². The number of H-pyrrole nitrogens is 1. The smallest absolute Gasteiger partial charge is 0.256 e. The predicted molar refractivity (Wildman–Crippen MR) is 105 cm³/mol. The SMILES string of the molecule is O=C(NCCc1c[nH]c2ccccc12)c1cccnc1OC1CCSC1. The van der Waals surface area contributed by atoms with Gasteiger partial charge in [0.25, 0.3) is 5.91 Å². The molecule has 1 atom stereocenters. The van der Waals surface area contributed by atoms with E-state index < -0.39 is 0 Å². The Balaban J connectivity index is 1.39. The number of nitrogens with one attached hydrogen (secondary N) is 2. The average molecular weight is 367 g/mol.